The lowest BCUT2D eigenvalue weighted by Crippen LogP contribution is -2.55. The van der Waals surface area contributed by atoms with Crippen LogP contribution in [0.15, 0.2) is 0 Å². The standard InChI is InChI=1S/C21H30F3N3O6/c1-2-15(28)20(32)27-9-12-4-3-5-13(12)17(27)19(31)26-14(8-11-6-7-25-18(11)30)16(29)10-33-21(22,23)24/h11-15,17,28H,2-10H2,1H3,(H,25,30)(H,26,31)/t11-,12-,13-,14-,15+,17-/m0/s1. The second kappa shape index (κ2) is 10.4. The number of rotatable bonds is 9. The third kappa shape index (κ3) is 6.03. The second-order valence-electron chi connectivity index (χ2n) is 8.99. The molecule has 0 radical (unpaired) electrons. The first-order valence-corrected chi connectivity index (χ1v) is 11.3. The molecule has 2 heterocycles. The Morgan fingerprint density at radius 1 is 1.27 bits per heavy atom. The third-order valence-electron chi connectivity index (χ3n) is 6.88. The summed E-state index contributed by atoms with van der Waals surface area (Å²) in [6.07, 6.45) is -3.49. The van der Waals surface area contributed by atoms with Gasteiger partial charge in [-0.05, 0) is 43.9 Å². The number of aliphatic hydroxyl groups is 1. The van der Waals surface area contributed by atoms with E-state index in [2.05, 4.69) is 15.4 Å². The number of halogens is 3. The van der Waals surface area contributed by atoms with Crippen molar-refractivity contribution in [1.29, 1.82) is 0 Å². The summed E-state index contributed by atoms with van der Waals surface area (Å²) in [4.78, 5) is 51.8. The molecule has 3 aliphatic rings. The summed E-state index contributed by atoms with van der Waals surface area (Å²) in [5, 5.41) is 15.1. The summed E-state index contributed by atoms with van der Waals surface area (Å²) in [6, 6.07) is -2.30. The zero-order valence-corrected chi connectivity index (χ0v) is 18.4. The maximum absolute atomic E-state index is 13.3. The molecule has 0 spiro atoms. The van der Waals surface area contributed by atoms with Gasteiger partial charge in [0.1, 0.15) is 18.8 Å². The van der Waals surface area contributed by atoms with Crippen molar-refractivity contribution in [3.63, 3.8) is 0 Å². The van der Waals surface area contributed by atoms with Crippen LogP contribution in [0.1, 0.15) is 45.4 Å². The minimum atomic E-state index is -5.02. The van der Waals surface area contributed by atoms with Gasteiger partial charge < -0.3 is 20.6 Å². The van der Waals surface area contributed by atoms with Crippen molar-refractivity contribution in [2.24, 2.45) is 17.8 Å². The predicted molar refractivity (Wildman–Crippen MR) is 107 cm³/mol. The maximum atomic E-state index is 13.3. The number of aliphatic hydroxyl groups excluding tert-OH is 1. The fraction of sp³-hybridized carbons (Fsp3) is 0.810. The van der Waals surface area contributed by atoms with E-state index in [1.165, 1.54) is 4.90 Å². The number of ether oxygens (including phenoxy) is 1. The smallest absolute Gasteiger partial charge is 0.383 e. The number of fused-ring (bicyclic) bond motifs is 1. The van der Waals surface area contributed by atoms with E-state index in [4.69, 9.17) is 0 Å². The van der Waals surface area contributed by atoms with Crippen molar-refractivity contribution in [2.45, 2.75) is 70.0 Å². The van der Waals surface area contributed by atoms with E-state index in [9.17, 15) is 37.5 Å². The number of alkyl halides is 3. The summed E-state index contributed by atoms with van der Waals surface area (Å²) >= 11 is 0. The number of hydrogen-bond acceptors (Lipinski definition) is 6. The minimum absolute atomic E-state index is 0.0806. The quantitative estimate of drug-likeness (QED) is 0.444. The van der Waals surface area contributed by atoms with Crippen LogP contribution in [0.2, 0.25) is 0 Å². The van der Waals surface area contributed by atoms with Crippen molar-refractivity contribution < 1.29 is 42.2 Å². The molecule has 2 saturated heterocycles. The molecule has 9 nitrogen and oxygen atoms in total. The highest BCUT2D eigenvalue weighted by atomic mass is 19.4. The number of carbonyl (C=O) groups is 4. The van der Waals surface area contributed by atoms with E-state index in [1.807, 2.05) is 0 Å². The van der Waals surface area contributed by atoms with Crippen LogP contribution in [-0.4, -0.2) is 77.8 Å². The molecule has 0 aromatic carbocycles. The highest BCUT2D eigenvalue weighted by Crippen LogP contribution is 2.42. The monoisotopic (exact) mass is 477 g/mol. The number of hydrogen-bond donors (Lipinski definition) is 3. The first-order valence-electron chi connectivity index (χ1n) is 11.3. The molecule has 186 valence electrons. The average molecular weight is 477 g/mol. The molecular formula is C21H30F3N3O6. The van der Waals surface area contributed by atoms with Crippen LogP contribution in [0.3, 0.4) is 0 Å². The Morgan fingerprint density at radius 3 is 2.61 bits per heavy atom. The van der Waals surface area contributed by atoms with Crippen LogP contribution >= 0.6 is 0 Å². The van der Waals surface area contributed by atoms with Crippen LogP contribution < -0.4 is 10.6 Å². The summed E-state index contributed by atoms with van der Waals surface area (Å²) in [5.74, 6) is -3.29. The number of nitrogens with zero attached hydrogens (tertiary/aromatic N) is 1. The second-order valence-corrected chi connectivity index (χ2v) is 8.99. The molecular weight excluding hydrogens is 447 g/mol. The molecule has 0 aromatic heterocycles. The van der Waals surface area contributed by atoms with Gasteiger partial charge in [0.2, 0.25) is 11.8 Å². The molecule has 0 unspecified atom stereocenters. The zero-order chi connectivity index (χ0) is 24.3. The van der Waals surface area contributed by atoms with Gasteiger partial charge in [-0.25, -0.2) is 0 Å². The molecule has 2 aliphatic heterocycles. The SMILES string of the molecule is CC[C@@H](O)C(=O)N1C[C@@H]2CCC[C@@H]2[C@H]1C(=O)N[C@@H](C[C@@H]1CCNC1=O)C(=O)COC(F)(F)F. The Bertz CT molecular complexity index is 777. The number of carbonyl (C=O) groups excluding carboxylic acids is 4. The van der Waals surface area contributed by atoms with E-state index in [1.54, 1.807) is 6.92 Å². The number of amides is 3. The van der Waals surface area contributed by atoms with E-state index >= 15 is 0 Å². The van der Waals surface area contributed by atoms with Gasteiger partial charge in [-0.2, -0.15) is 0 Å². The molecule has 3 N–H and O–H groups in total. The Morgan fingerprint density at radius 2 is 2.00 bits per heavy atom. The van der Waals surface area contributed by atoms with Gasteiger partial charge in [-0.1, -0.05) is 13.3 Å². The number of ketones is 1. The van der Waals surface area contributed by atoms with Crippen LogP contribution in [-0.2, 0) is 23.9 Å². The summed E-state index contributed by atoms with van der Waals surface area (Å²) in [6.45, 7) is 1.02. The fourth-order valence-corrected chi connectivity index (χ4v) is 5.17. The van der Waals surface area contributed by atoms with Gasteiger partial charge in [0.25, 0.3) is 5.91 Å². The van der Waals surface area contributed by atoms with Crippen LogP contribution in [0.5, 0.6) is 0 Å². The fourth-order valence-electron chi connectivity index (χ4n) is 5.17. The van der Waals surface area contributed by atoms with Gasteiger partial charge in [0.15, 0.2) is 5.78 Å². The van der Waals surface area contributed by atoms with Crippen molar-refractivity contribution in [3.8, 4) is 0 Å². The number of Topliss-reactive ketones (excluding diaryl/α,β-unsaturated/α-hetero) is 1. The van der Waals surface area contributed by atoms with Gasteiger partial charge in [-0.3, -0.25) is 23.9 Å². The van der Waals surface area contributed by atoms with Crippen molar-refractivity contribution in [1.82, 2.24) is 15.5 Å². The number of likely N-dealkylation sites (tertiary alicyclic amines) is 1. The molecule has 6 atom stereocenters. The van der Waals surface area contributed by atoms with E-state index in [0.29, 0.717) is 25.9 Å². The largest absolute Gasteiger partial charge is 0.522 e. The Hall–Kier alpha value is -2.21. The third-order valence-corrected chi connectivity index (χ3v) is 6.88. The average Bonchev–Trinajstić information content (AvgIpc) is 3.45. The summed E-state index contributed by atoms with van der Waals surface area (Å²) in [5.41, 5.74) is 0. The molecule has 0 bridgehead atoms. The van der Waals surface area contributed by atoms with Gasteiger partial charge in [0.05, 0.1) is 6.04 Å². The van der Waals surface area contributed by atoms with Crippen molar-refractivity contribution in [2.75, 3.05) is 19.7 Å². The topological polar surface area (TPSA) is 125 Å². The first kappa shape index (κ1) is 25.4. The van der Waals surface area contributed by atoms with Crippen molar-refractivity contribution in [3.05, 3.63) is 0 Å². The summed E-state index contributed by atoms with van der Waals surface area (Å²) in [7, 11) is 0. The molecule has 1 aliphatic carbocycles. The summed E-state index contributed by atoms with van der Waals surface area (Å²) < 4.78 is 41.0. The molecule has 3 rings (SSSR count). The molecule has 3 fully saturated rings. The maximum Gasteiger partial charge on any atom is 0.522 e. The Kier molecular flexibility index (Phi) is 7.99. The predicted octanol–water partition coefficient (Wildman–Crippen LogP) is 0.501. The first-order chi connectivity index (χ1) is 15.5. The zero-order valence-electron chi connectivity index (χ0n) is 18.4. The normalized spacial score (nSPS) is 28.9. The lowest BCUT2D eigenvalue weighted by atomic mass is 9.92. The molecule has 33 heavy (non-hydrogen) atoms. The van der Waals surface area contributed by atoms with Crippen LogP contribution in [0.25, 0.3) is 0 Å². The Labute approximate surface area is 189 Å². The minimum Gasteiger partial charge on any atom is -0.383 e. The molecule has 0 aromatic rings. The molecule has 12 heteroatoms. The van der Waals surface area contributed by atoms with Gasteiger partial charge in [-0.15, -0.1) is 13.2 Å². The van der Waals surface area contributed by atoms with E-state index < -0.39 is 54.7 Å². The molecule has 3 amide bonds. The highest BCUT2D eigenvalue weighted by molar-refractivity contribution is 5.95. The Balaban J connectivity index is 1.77. The lowest BCUT2D eigenvalue weighted by molar-refractivity contribution is -0.321. The van der Waals surface area contributed by atoms with Gasteiger partial charge >= 0.3 is 6.36 Å². The lowest BCUT2D eigenvalue weighted by Gasteiger charge is -2.30. The highest BCUT2D eigenvalue weighted by Gasteiger charge is 2.50. The van der Waals surface area contributed by atoms with E-state index in [0.717, 1.165) is 12.8 Å². The number of nitrogens with one attached hydrogen (secondary N) is 2. The van der Waals surface area contributed by atoms with E-state index in [-0.39, 0.29) is 30.6 Å². The molecule has 1 saturated carbocycles. The van der Waals surface area contributed by atoms with Crippen LogP contribution in [0, 0.1) is 17.8 Å². The van der Waals surface area contributed by atoms with Crippen LogP contribution in [0.4, 0.5) is 13.2 Å². The van der Waals surface area contributed by atoms with Crippen molar-refractivity contribution >= 4 is 23.5 Å². The van der Waals surface area contributed by atoms with Gasteiger partial charge in [0, 0.05) is 19.0 Å².